The second kappa shape index (κ2) is 7.55. The van der Waals surface area contributed by atoms with E-state index in [1.165, 1.54) is 16.8 Å². The zero-order valence-electron chi connectivity index (χ0n) is 13.8. The maximum Gasteiger partial charge on any atom is 0.120 e. The van der Waals surface area contributed by atoms with Crippen LogP contribution in [-0.2, 0) is 6.42 Å². The monoisotopic (exact) mass is 317 g/mol. The first-order valence-electron chi connectivity index (χ1n) is 7.74. The van der Waals surface area contributed by atoms with Crippen molar-refractivity contribution in [2.24, 2.45) is 0 Å². The predicted octanol–water partition coefficient (Wildman–Crippen LogP) is 5.32. The quantitative estimate of drug-likeness (QED) is 0.728. The number of benzene rings is 2. The summed E-state index contributed by atoms with van der Waals surface area (Å²) in [6, 6.07) is 10.4. The Bertz CT molecular complexity index is 629. The minimum Gasteiger partial charge on any atom is -0.492 e. The summed E-state index contributed by atoms with van der Waals surface area (Å²) in [5.41, 5.74) is 5.96. The molecule has 2 nitrogen and oxygen atoms in total. The van der Waals surface area contributed by atoms with Crippen LogP contribution in [0.3, 0.4) is 0 Å². The van der Waals surface area contributed by atoms with Crippen LogP contribution in [0.4, 0.5) is 5.69 Å². The van der Waals surface area contributed by atoms with Gasteiger partial charge in [-0.15, -0.1) is 0 Å². The molecule has 0 fully saturated rings. The summed E-state index contributed by atoms with van der Waals surface area (Å²) < 4.78 is 5.84. The van der Waals surface area contributed by atoms with E-state index < -0.39 is 0 Å². The van der Waals surface area contributed by atoms with E-state index in [0.29, 0.717) is 6.61 Å². The Morgan fingerprint density at radius 1 is 1.05 bits per heavy atom. The molecule has 22 heavy (non-hydrogen) atoms. The van der Waals surface area contributed by atoms with Crippen LogP contribution in [0.25, 0.3) is 0 Å². The molecule has 0 bridgehead atoms. The standard InChI is InChI=1S/C19H24ClNO/c1-5-16-8-6-7-13(2)19(16)21-9-10-22-17-11-14(3)18(20)15(4)12-17/h6-8,11-12,21H,5,9-10H2,1-4H3. The molecule has 0 radical (unpaired) electrons. The predicted molar refractivity (Wildman–Crippen MR) is 95.5 cm³/mol. The van der Waals surface area contributed by atoms with Crippen molar-refractivity contribution in [3.05, 3.63) is 57.6 Å². The van der Waals surface area contributed by atoms with Crippen molar-refractivity contribution in [2.75, 3.05) is 18.5 Å². The average Bonchev–Trinajstić information content (AvgIpc) is 2.50. The number of aryl methyl sites for hydroxylation is 4. The molecule has 2 aromatic rings. The van der Waals surface area contributed by atoms with Crippen molar-refractivity contribution in [1.29, 1.82) is 0 Å². The van der Waals surface area contributed by atoms with Gasteiger partial charge in [0, 0.05) is 17.3 Å². The molecule has 0 saturated carbocycles. The van der Waals surface area contributed by atoms with Gasteiger partial charge in [0.15, 0.2) is 0 Å². The van der Waals surface area contributed by atoms with Gasteiger partial charge in [0.1, 0.15) is 12.4 Å². The number of para-hydroxylation sites is 1. The van der Waals surface area contributed by atoms with Gasteiger partial charge in [-0.2, -0.15) is 0 Å². The largest absolute Gasteiger partial charge is 0.492 e. The van der Waals surface area contributed by atoms with Crippen LogP contribution >= 0.6 is 11.6 Å². The van der Waals surface area contributed by atoms with Crippen molar-refractivity contribution in [3.8, 4) is 5.75 Å². The Kier molecular flexibility index (Phi) is 5.73. The van der Waals surface area contributed by atoms with E-state index in [9.17, 15) is 0 Å². The lowest BCUT2D eigenvalue weighted by atomic mass is 10.1. The molecule has 2 aromatic carbocycles. The first-order chi connectivity index (χ1) is 10.5. The van der Waals surface area contributed by atoms with Crippen LogP contribution in [-0.4, -0.2) is 13.2 Å². The summed E-state index contributed by atoms with van der Waals surface area (Å²) in [5.74, 6) is 0.877. The highest BCUT2D eigenvalue weighted by Crippen LogP contribution is 2.26. The van der Waals surface area contributed by atoms with Crippen LogP contribution < -0.4 is 10.1 Å². The average molecular weight is 318 g/mol. The number of hydrogen-bond donors (Lipinski definition) is 1. The fourth-order valence-corrected chi connectivity index (χ4v) is 2.72. The highest BCUT2D eigenvalue weighted by Gasteiger charge is 2.05. The first kappa shape index (κ1) is 16.7. The molecule has 3 heteroatoms. The summed E-state index contributed by atoms with van der Waals surface area (Å²) in [4.78, 5) is 0. The molecule has 0 aliphatic carbocycles. The Labute approximate surface area is 138 Å². The molecule has 0 atom stereocenters. The Morgan fingerprint density at radius 2 is 1.73 bits per heavy atom. The van der Waals surface area contributed by atoms with E-state index in [1.54, 1.807) is 0 Å². The van der Waals surface area contributed by atoms with Gasteiger partial charge in [-0.05, 0) is 61.6 Å². The molecule has 0 aliphatic heterocycles. The topological polar surface area (TPSA) is 21.3 Å². The van der Waals surface area contributed by atoms with Gasteiger partial charge in [0.25, 0.3) is 0 Å². The second-order valence-corrected chi connectivity index (χ2v) is 5.99. The summed E-state index contributed by atoms with van der Waals surface area (Å²) in [6.45, 7) is 9.71. The summed E-state index contributed by atoms with van der Waals surface area (Å²) in [7, 11) is 0. The molecular weight excluding hydrogens is 294 g/mol. The van der Waals surface area contributed by atoms with E-state index in [1.807, 2.05) is 26.0 Å². The smallest absolute Gasteiger partial charge is 0.120 e. The minimum absolute atomic E-state index is 0.623. The molecule has 1 N–H and O–H groups in total. The number of halogens is 1. The fraction of sp³-hybridized carbons (Fsp3) is 0.368. The summed E-state index contributed by atoms with van der Waals surface area (Å²) in [6.07, 6.45) is 1.03. The van der Waals surface area contributed by atoms with Crippen LogP contribution in [0.1, 0.15) is 29.2 Å². The lowest BCUT2D eigenvalue weighted by molar-refractivity contribution is 0.332. The van der Waals surface area contributed by atoms with Gasteiger partial charge < -0.3 is 10.1 Å². The lowest BCUT2D eigenvalue weighted by Crippen LogP contribution is -2.13. The molecule has 0 saturated heterocycles. The van der Waals surface area contributed by atoms with Crippen molar-refractivity contribution in [2.45, 2.75) is 34.1 Å². The Morgan fingerprint density at radius 3 is 2.36 bits per heavy atom. The van der Waals surface area contributed by atoms with Gasteiger partial charge in [-0.3, -0.25) is 0 Å². The zero-order valence-corrected chi connectivity index (χ0v) is 14.6. The maximum absolute atomic E-state index is 6.17. The van der Waals surface area contributed by atoms with E-state index in [2.05, 4.69) is 37.4 Å². The maximum atomic E-state index is 6.17. The third-order valence-electron chi connectivity index (χ3n) is 3.82. The number of anilines is 1. The zero-order chi connectivity index (χ0) is 16.1. The number of rotatable bonds is 6. The van der Waals surface area contributed by atoms with E-state index in [0.717, 1.165) is 34.9 Å². The van der Waals surface area contributed by atoms with Crippen molar-refractivity contribution in [3.63, 3.8) is 0 Å². The number of nitrogens with one attached hydrogen (secondary N) is 1. The van der Waals surface area contributed by atoms with Crippen molar-refractivity contribution >= 4 is 17.3 Å². The molecule has 0 aromatic heterocycles. The van der Waals surface area contributed by atoms with Gasteiger partial charge >= 0.3 is 0 Å². The highest BCUT2D eigenvalue weighted by atomic mass is 35.5. The molecule has 0 unspecified atom stereocenters. The number of hydrogen-bond acceptors (Lipinski definition) is 2. The third-order valence-corrected chi connectivity index (χ3v) is 4.42. The summed E-state index contributed by atoms with van der Waals surface area (Å²) in [5, 5.41) is 4.31. The highest BCUT2D eigenvalue weighted by molar-refractivity contribution is 6.32. The van der Waals surface area contributed by atoms with Gasteiger partial charge in [0.2, 0.25) is 0 Å². The second-order valence-electron chi connectivity index (χ2n) is 5.61. The molecule has 118 valence electrons. The molecule has 0 spiro atoms. The number of ether oxygens (including phenoxy) is 1. The van der Waals surface area contributed by atoms with E-state index in [-0.39, 0.29) is 0 Å². The minimum atomic E-state index is 0.623. The lowest BCUT2D eigenvalue weighted by Gasteiger charge is -2.15. The molecule has 0 aliphatic rings. The fourth-order valence-electron chi connectivity index (χ4n) is 2.61. The van der Waals surface area contributed by atoms with Crippen LogP contribution in [0, 0.1) is 20.8 Å². The van der Waals surface area contributed by atoms with Crippen LogP contribution in [0.2, 0.25) is 5.02 Å². The Balaban J connectivity index is 1.93. The van der Waals surface area contributed by atoms with E-state index >= 15 is 0 Å². The normalized spacial score (nSPS) is 10.6. The SMILES string of the molecule is CCc1cccc(C)c1NCCOc1cc(C)c(Cl)c(C)c1. The third kappa shape index (κ3) is 3.95. The molecular formula is C19H24ClNO. The molecule has 0 amide bonds. The van der Waals surface area contributed by atoms with Gasteiger partial charge in [0.05, 0.1) is 0 Å². The van der Waals surface area contributed by atoms with Crippen molar-refractivity contribution in [1.82, 2.24) is 0 Å². The van der Waals surface area contributed by atoms with Gasteiger partial charge in [-0.1, -0.05) is 36.7 Å². The van der Waals surface area contributed by atoms with Crippen molar-refractivity contribution < 1.29 is 4.74 Å². The van der Waals surface area contributed by atoms with Crippen LogP contribution in [0.5, 0.6) is 5.75 Å². The molecule has 0 heterocycles. The summed E-state index contributed by atoms with van der Waals surface area (Å²) >= 11 is 6.17. The molecule has 2 rings (SSSR count). The Hall–Kier alpha value is -1.67. The van der Waals surface area contributed by atoms with Crippen LogP contribution in [0.15, 0.2) is 30.3 Å². The van der Waals surface area contributed by atoms with E-state index in [4.69, 9.17) is 16.3 Å². The van der Waals surface area contributed by atoms with Gasteiger partial charge in [-0.25, -0.2) is 0 Å². The first-order valence-corrected chi connectivity index (χ1v) is 8.12.